The van der Waals surface area contributed by atoms with Gasteiger partial charge < -0.3 is 35.8 Å². The molecule has 0 amide bonds. The van der Waals surface area contributed by atoms with E-state index in [1.807, 2.05) is 97.1 Å². The molecule has 119 heavy (non-hydrogen) atoms. The Balaban J connectivity index is 0.000000119. The molecule has 0 unspecified atom stereocenters. The number of allylic oxidation sites excluding steroid dienone is 2. The summed E-state index contributed by atoms with van der Waals surface area (Å²) in [7, 11) is -1.94. The molecule has 11 aromatic carbocycles. The Labute approximate surface area is 731 Å². The molecule has 7 heterocycles. The number of nitrogens with zero attached hydrogens (tertiary/aromatic N) is 6. The van der Waals surface area contributed by atoms with Crippen molar-refractivity contribution in [1.29, 1.82) is 0 Å². The van der Waals surface area contributed by atoms with E-state index in [0.717, 1.165) is 105 Å². The fourth-order valence-corrected chi connectivity index (χ4v) is 15.8. The highest BCUT2D eigenvalue weighted by Crippen LogP contribution is 2.41. The molecule has 2 aliphatic carbocycles. The summed E-state index contributed by atoms with van der Waals surface area (Å²) in [6.07, 6.45) is 16.2. The largest absolute Gasteiger partial charge is 0.494 e. The number of para-hydroxylation sites is 4. The summed E-state index contributed by atoms with van der Waals surface area (Å²) in [6, 6.07) is 78.8. The van der Waals surface area contributed by atoms with Crippen LogP contribution >= 0.6 is 97.1 Å². The molecule has 20 rings (SSSR count). The first-order chi connectivity index (χ1) is 57.4. The summed E-state index contributed by atoms with van der Waals surface area (Å²) < 4.78 is 17.8. The second kappa shape index (κ2) is 37.3. The number of aromatic nitrogens is 7. The van der Waals surface area contributed by atoms with Crippen LogP contribution in [0.25, 0.3) is 111 Å². The van der Waals surface area contributed by atoms with Gasteiger partial charge in [-0.2, -0.15) is 0 Å². The third-order valence-corrected chi connectivity index (χ3v) is 23.4. The number of anilines is 2. The number of nitrogen functional groups attached to an aromatic ring is 2. The molecule has 1 aliphatic heterocycles. The zero-order valence-corrected chi connectivity index (χ0v) is 71.5. The first-order valence-electron chi connectivity index (χ1n) is 37.9. The number of halogens is 8. The van der Waals surface area contributed by atoms with Crippen LogP contribution in [0.15, 0.2) is 272 Å². The summed E-state index contributed by atoms with van der Waals surface area (Å²) >= 11 is 45.1. The van der Waals surface area contributed by atoms with Crippen molar-refractivity contribution >= 4 is 224 Å². The first-order valence-corrected chi connectivity index (χ1v) is 41.3. The van der Waals surface area contributed by atoms with Crippen LogP contribution in [0.3, 0.4) is 0 Å². The van der Waals surface area contributed by atoms with Crippen LogP contribution in [-0.4, -0.2) is 81.8 Å². The summed E-state index contributed by atoms with van der Waals surface area (Å²) in [5.41, 5.74) is 29.4. The lowest BCUT2D eigenvalue weighted by molar-refractivity contribution is 0.00578. The Hall–Kier alpha value is -10.6. The quantitative estimate of drug-likeness (QED) is 0.0331. The van der Waals surface area contributed by atoms with E-state index in [1.165, 1.54) is 78.3 Å². The molecular formula is C94H75B2BrCl7N9O6. The van der Waals surface area contributed by atoms with Gasteiger partial charge >= 0.3 is 14.2 Å². The lowest BCUT2D eigenvalue weighted by atomic mass is 9.78. The van der Waals surface area contributed by atoms with Crippen LogP contribution in [0.4, 0.5) is 11.4 Å². The number of pyridine rings is 3. The molecular weight excluding hydrogens is 1700 g/mol. The van der Waals surface area contributed by atoms with Crippen molar-refractivity contribution in [3.8, 4) is 33.6 Å². The Morgan fingerprint density at radius 1 is 0.471 bits per heavy atom. The van der Waals surface area contributed by atoms with E-state index < -0.39 is 7.12 Å². The maximum atomic E-state index is 10.9. The Bertz CT molecular complexity index is 6690. The van der Waals surface area contributed by atoms with Gasteiger partial charge in [0.25, 0.3) is 0 Å². The highest BCUT2D eigenvalue weighted by Gasteiger charge is 2.52. The Morgan fingerprint density at radius 3 is 1.45 bits per heavy atom. The van der Waals surface area contributed by atoms with Crippen molar-refractivity contribution in [1.82, 2.24) is 33.7 Å². The van der Waals surface area contributed by atoms with Crippen molar-refractivity contribution in [2.45, 2.75) is 64.6 Å². The van der Waals surface area contributed by atoms with Gasteiger partial charge in [-0.3, -0.25) is 18.4 Å². The molecule has 0 bridgehead atoms. The SMILES string of the molecule is CC1(C)OB(c2ccc3c(c2)c2ccccc2c2nc4c(n32)C=CCC4)OC1(C)C.Clc1ccc(Cl)c(-c2ccccc2-c2nc3ccccc3[nH]2)c1.Clc1ccc2c(c1)c1ccccc1c1nc3c(n21)C=CCC3.Nc1ccccc1N.O=Cc1ccccc1-c1cc(Cl)ccc1Cl.O=Cc1cccnc1Br.OB(O)c1cc(Cl)ccc1Cl. The van der Waals surface area contributed by atoms with E-state index >= 15 is 0 Å². The molecule has 0 atom stereocenters. The summed E-state index contributed by atoms with van der Waals surface area (Å²) in [6.45, 7) is 8.38. The minimum absolute atomic E-state index is 0.221. The van der Waals surface area contributed by atoms with E-state index in [0.29, 0.717) is 57.2 Å². The number of nitrogens with one attached hydrogen (secondary N) is 1. The maximum absolute atomic E-state index is 10.9. The number of rotatable bonds is 7. The second-order valence-electron chi connectivity index (χ2n) is 29.0. The third kappa shape index (κ3) is 18.7. The highest BCUT2D eigenvalue weighted by atomic mass is 79.9. The van der Waals surface area contributed by atoms with Crippen molar-refractivity contribution in [3.05, 3.63) is 341 Å². The van der Waals surface area contributed by atoms with E-state index in [9.17, 15) is 9.59 Å². The van der Waals surface area contributed by atoms with Gasteiger partial charge in [-0.05, 0) is 224 Å². The number of aryl methyl sites for hydroxylation is 2. The number of aldehydes is 2. The predicted octanol–water partition coefficient (Wildman–Crippen LogP) is 24.0. The van der Waals surface area contributed by atoms with Crippen molar-refractivity contribution in [2.75, 3.05) is 11.5 Å². The van der Waals surface area contributed by atoms with Crippen LogP contribution < -0.4 is 22.4 Å². The lowest BCUT2D eigenvalue weighted by Gasteiger charge is -2.32. The van der Waals surface area contributed by atoms with Crippen LogP contribution in [0.2, 0.25) is 35.2 Å². The Morgan fingerprint density at radius 2 is 0.924 bits per heavy atom. The number of aromatic amines is 1. The maximum Gasteiger partial charge on any atom is 0.494 e. The van der Waals surface area contributed by atoms with E-state index in [-0.39, 0.29) is 23.8 Å². The summed E-state index contributed by atoms with van der Waals surface area (Å²) in [5.74, 6) is 0.817. The molecule has 3 aliphatic rings. The molecule has 0 radical (unpaired) electrons. The van der Waals surface area contributed by atoms with Gasteiger partial charge in [0, 0.05) is 96.2 Å². The molecule has 594 valence electrons. The van der Waals surface area contributed by atoms with E-state index in [1.54, 1.807) is 66.9 Å². The van der Waals surface area contributed by atoms with Gasteiger partial charge in [0.15, 0.2) is 12.6 Å². The standard InChI is InChI=1S/C25H25BN2O2.C19H12Cl2N2.C19H13ClN2.C13H8Cl2O.C6H5BCl2O2.C6H4BrNO.C6H8N2/c1-24(2)25(3,4)30-26(29-24)16-13-14-21-19(15-16)17-9-5-6-10-18(17)23-27-20-11-7-8-12-22(20)28(21)23;20-12-9-10-16(21)15(11-12)13-5-1-2-6-14(13)19-22-17-7-3-4-8-18(17)23-19;20-12-9-10-17-15(11-12)13-5-1-2-6-14(13)19-21-16-7-3-4-8-18(16)22(17)19;14-10-5-6-13(15)12(7-10)11-4-2-1-3-9(11)8-16;8-4-1-2-6(9)5(3-4)7(10)11;7-6-5(4-9)2-1-3-8-6;7-5-3-1-2-4-6(5)8/h5-6,8-10,12-15H,7,11H2,1-4H3;1-11H,(H,22,23);1-2,4-6,8-11H,3,7H2;1-8H;1-3,10-11H;1-4H;1-4H,7-8H2. The molecule has 0 saturated carbocycles. The number of hydrogen-bond donors (Lipinski definition) is 5. The van der Waals surface area contributed by atoms with Crippen LogP contribution in [0.5, 0.6) is 0 Å². The van der Waals surface area contributed by atoms with Gasteiger partial charge in [-0.25, -0.2) is 19.9 Å². The average Bonchev–Trinajstić information content (AvgIpc) is 1.62. The zero-order chi connectivity index (χ0) is 83.8. The number of carbonyl (C=O) groups is 2. The average molecular weight is 1780 g/mol. The molecule has 7 N–H and O–H groups in total. The number of nitrogens with two attached hydrogens (primary N) is 2. The molecule has 1 fully saturated rings. The zero-order valence-electron chi connectivity index (χ0n) is 64.6. The lowest BCUT2D eigenvalue weighted by Crippen LogP contribution is -2.41. The smallest absolute Gasteiger partial charge is 0.423 e. The van der Waals surface area contributed by atoms with Crippen molar-refractivity contribution in [2.24, 2.45) is 0 Å². The fourth-order valence-electron chi connectivity index (χ4n) is 14.1. The first kappa shape index (κ1) is 84.8. The summed E-state index contributed by atoms with van der Waals surface area (Å²) in [4.78, 5) is 42.9. The number of benzene rings is 11. The number of fused-ring (bicyclic) bond motifs is 17. The molecule has 1 saturated heterocycles. The highest BCUT2D eigenvalue weighted by molar-refractivity contribution is 9.10. The fraction of sp³-hybridized carbons (Fsp3) is 0.106. The number of H-pyrrole nitrogens is 1. The molecule has 17 aromatic rings. The predicted molar refractivity (Wildman–Crippen MR) is 499 cm³/mol. The van der Waals surface area contributed by atoms with Gasteiger partial charge in [-0.15, -0.1) is 0 Å². The van der Waals surface area contributed by atoms with Crippen molar-refractivity contribution < 1.29 is 28.9 Å². The van der Waals surface area contributed by atoms with Gasteiger partial charge in [0.05, 0.1) is 67.4 Å². The van der Waals surface area contributed by atoms with Crippen LogP contribution in [-0.2, 0) is 22.2 Å². The minimum atomic E-state index is -1.57. The topological polar surface area (TPSA) is 221 Å². The van der Waals surface area contributed by atoms with Crippen molar-refractivity contribution in [3.63, 3.8) is 0 Å². The van der Waals surface area contributed by atoms with Gasteiger partial charge in [0.1, 0.15) is 21.7 Å². The van der Waals surface area contributed by atoms with Gasteiger partial charge in [0.2, 0.25) is 0 Å². The third-order valence-electron chi connectivity index (χ3n) is 20.8. The van der Waals surface area contributed by atoms with E-state index in [4.69, 9.17) is 122 Å². The van der Waals surface area contributed by atoms with Crippen LogP contribution in [0.1, 0.15) is 84.0 Å². The number of hydrogen-bond acceptors (Lipinski definition) is 12. The molecule has 0 spiro atoms. The number of carbonyl (C=O) groups excluding carboxylic acids is 2. The van der Waals surface area contributed by atoms with Crippen LogP contribution in [0, 0.1) is 0 Å². The monoisotopic (exact) mass is 1770 g/mol. The molecule has 15 nitrogen and oxygen atoms in total. The number of imidazole rings is 3. The summed E-state index contributed by atoms with van der Waals surface area (Å²) in [5, 5.41) is 28.6. The normalized spacial score (nSPS) is 13.3. The Kier molecular flexibility index (Phi) is 26.6. The molecule has 25 heteroatoms. The van der Waals surface area contributed by atoms with Gasteiger partial charge in [-0.1, -0.05) is 227 Å². The van der Waals surface area contributed by atoms with E-state index in [2.05, 4.69) is 171 Å². The minimum Gasteiger partial charge on any atom is -0.423 e. The molecule has 6 aromatic heterocycles. The second-order valence-corrected chi connectivity index (χ2v) is 32.7.